The van der Waals surface area contributed by atoms with Crippen LogP contribution < -0.4 is 10.3 Å². The lowest BCUT2D eigenvalue weighted by molar-refractivity contribution is 0.0954. The van der Waals surface area contributed by atoms with E-state index in [1.807, 2.05) is 31.2 Å². The predicted octanol–water partition coefficient (Wildman–Crippen LogP) is 4.07. The first-order valence-electron chi connectivity index (χ1n) is 8.16. The maximum absolute atomic E-state index is 12.1. The number of carbonyl (C=O) groups excluding carboxylic acids is 1. The highest BCUT2D eigenvalue weighted by Gasteiger charge is 2.07. The van der Waals surface area contributed by atoms with E-state index in [2.05, 4.69) is 43.1 Å². The molecule has 1 amide bonds. The van der Waals surface area contributed by atoms with E-state index >= 15 is 0 Å². The first kappa shape index (κ1) is 18.2. The third-order valence-electron chi connectivity index (χ3n) is 3.69. The van der Waals surface area contributed by atoms with Gasteiger partial charge in [0, 0.05) is 30.1 Å². The quantitative estimate of drug-likeness (QED) is 0.581. The molecule has 0 radical (unpaired) electrons. The Morgan fingerprint density at radius 3 is 2.27 bits per heavy atom. The zero-order valence-corrected chi connectivity index (χ0v) is 14.5. The summed E-state index contributed by atoms with van der Waals surface area (Å²) in [5.74, 6) is 0.489. The maximum Gasteiger partial charge on any atom is 0.271 e. The SMILES string of the molecule is CCN(CC)c1ccc(C(=O)N/N=C(/C)CCC(C)C)cc1. The van der Waals surface area contributed by atoms with Crippen LogP contribution in [-0.2, 0) is 0 Å². The summed E-state index contributed by atoms with van der Waals surface area (Å²) in [6.07, 6.45) is 2.00. The Morgan fingerprint density at radius 2 is 1.77 bits per heavy atom. The van der Waals surface area contributed by atoms with Gasteiger partial charge in [-0.2, -0.15) is 5.10 Å². The van der Waals surface area contributed by atoms with E-state index in [0.29, 0.717) is 11.5 Å². The van der Waals surface area contributed by atoms with Gasteiger partial charge in [-0.1, -0.05) is 13.8 Å². The normalized spacial score (nSPS) is 11.6. The van der Waals surface area contributed by atoms with Gasteiger partial charge >= 0.3 is 0 Å². The van der Waals surface area contributed by atoms with Crippen molar-refractivity contribution in [2.45, 2.75) is 47.5 Å². The van der Waals surface area contributed by atoms with Crippen LogP contribution >= 0.6 is 0 Å². The molecule has 1 aromatic carbocycles. The van der Waals surface area contributed by atoms with Gasteiger partial charge in [0.05, 0.1) is 0 Å². The second-order valence-corrected chi connectivity index (χ2v) is 5.94. The summed E-state index contributed by atoms with van der Waals surface area (Å²) < 4.78 is 0. The lowest BCUT2D eigenvalue weighted by atomic mass is 10.1. The molecule has 1 N–H and O–H groups in total. The second kappa shape index (κ2) is 9.23. The fraction of sp³-hybridized carbons (Fsp3) is 0.556. The number of anilines is 1. The van der Waals surface area contributed by atoms with Gasteiger partial charge in [0.1, 0.15) is 0 Å². The van der Waals surface area contributed by atoms with Crippen molar-refractivity contribution in [2.75, 3.05) is 18.0 Å². The number of rotatable bonds is 8. The molecule has 0 aliphatic heterocycles. The largest absolute Gasteiger partial charge is 0.372 e. The average molecular weight is 303 g/mol. The maximum atomic E-state index is 12.1. The van der Waals surface area contributed by atoms with Crippen LogP contribution in [0.25, 0.3) is 0 Å². The van der Waals surface area contributed by atoms with Gasteiger partial charge < -0.3 is 4.90 Å². The number of amides is 1. The standard InChI is InChI=1S/C18H29N3O/c1-6-21(7-2)17-12-10-16(11-13-17)18(22)20-19-15(5)9-8-14(3)4/h10-14H,6-9H2,1-5H3,(H,20,22)/b19-15-. The van der Waals surface area contributed by atoms with Gasteiger partial charge in [0.15, 0.2) is 0 Å². The van der Waals surface area contributed by atoms with Crippen molar-refractivity contribution in [3.8, 4) is 0 Å². The van der Waals surface area contributed by atoms with Crippen LogP contribution in [-0.4, -0.2) is 24.7 Å². The molecule has 0 aliphatic rings. The highest BCUT2D eigenvalue weighted by Crippen LogP contribution is 2.14. The Bertz CT molecular complexity index is 488. The van der Waals surface area contributed by atoms with E-state index in [1.54, 1.807) is 0 Å². The number of nitrogens with zero attached hydrogens (tertiary/aromatic N) is 2. The zero-order valence-electron chi connectivity index (χ0n) is 14.5. The predicted molar refractivity (Wildman–Crippen MR) is 94.7 cm³/mol. The molecule has 4 nitrogen and oxygen atoms in total. The van der Waals surface area contributed by atoms with E-state index < -0.39 is 0 Å². The summed E-state index contributed by atoms with van der Waals surface area (Å²) in [5.41, 5.74) is 5.37. The monoisotopic (exact) mass is 303 g/mol. The minimum atomic E-state index is -0.157. The van der Waals surface area contributed by atoms with E-state index in [9.17, 15) is 4.79 Å². The molecule has 1 aromatic rings. The van der Waals surface area contributed by atoms with E-state index in [1.165, 1.54) is 0 Å². The van der Waals surface area contributed by atoms with Crippen molar-refractivity contribution in [1.82, 2.24) is 5.43 Å². The summed E-state index contributed by atoms with van der Waals surface area (Å²) in [7, 11) is 0. The number of hydrogen-bond acceptors (Lipinski definition) is 3. The van der Waals surface area contributed by atoms with Gasteiger partial charge in [-0.05, 0) is 63.8 Å². The van der Waals surface area contributed by atoms with Crippen molar-refractivity contribution in [1.29, 1.82) is 0 Å². The van der Waals surface area contributed by atoms with Crippen LogP contribution in [0.2, 0.25) is 0 Å². The Kier molecular flexibility index (Phi) is 7.64. The third-order valence-corrected chi connectivity index (χ3v) is 3.69. The molecule has 0 aliphatic carbocycles. The van der Waals surface area contributed by atoms with Crippen LogP contribution in [0.3, 0.4) is 0 Å². The molecular weight excluding hydrogens is 274 g/mol. The molecule has 0 saturated carbocycles. The topological polar surface area (TPSA) is 44.7 Å². The highest BCUT2D eigenvalue weighted by atomic mass is 16.2. The number of nitrogens with one attached hydrogen (secondary N) is 1. The minimum Gasteiger partial charge on any atom is -0.372 e. The zero-order chi connectivity index (χ0) is 16.5. The van der Waals surface area contributed by atoms with E-state index in [-0.39, 0.29) is 5.91 Å². The van der Waals surface area contributed by atoms with E-state index in [4.69, 9.17) is 0 Å². The van der Waals surface area contributed by atoms with Crippen LogP contribution in [0, 0.1) is 5.92 Å². The molecule has 0 spiro atoms. The molecule has 1 rings (SSSR count). The molecule has 22 heavy (non-hydrogen) atoms. The van der Waals surface area contributed by atoms with Crippen molar-refractivity contribution >= 4 is 17.3 Å². The molecule has 0 heterocycles. The molecule has 0 aromatic heterocycles. The molecule has 0 bridgehead atoms. The van der Waals surface area contributed by atoms with Crippen molar-refractivity contribution in [3.05, 3.63) is 29.8 Å². The summed E-state index contributed by atoms with van der Waals surface area (Å²) in [4.78, 5) is 14.3. The Morgan fingerprint density at radius 1 is 1.18 bits per heavy atom. The van der Waals surface area contributed by atoms with Crippen LogP contribution in [0.15, 0.2) is 29.4 Å². The van der Waals surface area contributed by atoms with Gasteiger partial charge in [0.2, 0.25) is 0 Å². The number of benzene rings is 1. The summed E-state index contributed by atoms with van der Waals surface area (Å²) in [5, 5.41) is 4.17. The molecule has 0 atom stereocenters. The summed E-state index contributed by atoms with van der Waals surface area (Å²) in [6, 6.07) is 7.67. The minimum absolute atomic E-state index is 0.157. The number of hydrogen-bond donors (Lipinski definition) is 1. The van der Waals surface area contributed by atoms with E-state index in [0.717, 1.165) is 37.3 Å². The molecule has 4 heteroatoms. The van der Waals surface area contributed by atoms with Gasteiger partial charge in [-0.25, -0.2) is 5.43 Å². The van der Waals surface area contributed by atoms with Gasteiger partial charge in [0.25, 0.3) is 5.91 Å². The van der Waals surface area contributed by atoms with Gasteiger partial charge in [-0.15, -0.1) is 0 Å². The number of hydrazone groups is 1. The molecule has 0 saturated heterocycles. The summed E-state index contributed by atoms with van der Waals surface area (Å²) >= 11 is 0. The fourth-order valence-electron chi connectivity index (χ4n) is 2.18. The summed E-state index contributed by atoms with van der Waals surface area (Å²) in [6.45, 7) is 12.5. The number of carbonyl (C=O) groups is 1. The molecule has 0 fully saturated rings. The Labute approximate surface area is 134 Å². The highest BCUT2D eigenvalue weighted by molar-refractivity contribution is 5.95. The molecule has 0 unspecified atom stereocenters. The Balaban J connectivity index is 2.61. The van der Waals surface area contributed by atoms with Crippen molar-refractivity contribution in [3.63, 3.8) is 0 Å². The smallest absolute Gasteiger partial charge is 0.271 e. The van der Waals surface area contributed by atoms with Gasteiger partial charge in [-0.3, -0.25) is 4.79 Å². The first-order valence-corrected chi connectivity index (χ1v) is 8.16. The van der Waals surface area contributed by atoms with Crippen LogP contribution in [0.5, 0.6) is 0 Å². The van der Waals surface area contributed by atoms with Crippen molar-refractivity contribution < 1.29 is 4.79 Å². The second-order valence-electron chi connectivity index (χ2n) is 5.94. The molecular formula is C18H29N3O. The first-order chi connectivity index (χ1) is 10.5. The average Bonchev–Trinajstić information content (AvgIpc) is 2.52. The third kappa shape index (κ3) is 5.88. The fourth-order valence-corrected chi connectivity index (χ4v) is 2.18. The van der Waals surface area contributed by atoms with Crippen LogP contribution in [0.1, 0.15) is 57.8 Å². The van der Waals surface area contributed by atoms with Crippen LogP contribution in [0.4, 0.5) is 5.69 Å². The molecule has 122 valence electrons. The lowest BCUT2D eigenvalue weighted by Gasteiger charge is -2.20. The van der Waals surface area contributed by atoms with Crippen molar-refractivity contribution in [2.24, 2.45) is 11.0 Å². The Hall–Kier alpha value is -1.84. The lowest BCUT2D eigenvalue weighted by Crippen LogP contribution is -2.22.